The number of hydrogen-bond acceptors (Lipinski definition) is 0. The molecule has 22 heavy (non-hydrogen) atoms. The van der Waals surface area contributed by atoms with Gasteiger partial charge in [0, 0.05) is 5.41 Å². The van der Waals surface area contributed by atoms with Crippen LogP contribution in [0.15, 0.2) is 72.3 Å². The minimum atomic E-state index is 0.0194. The van der Waals surface area contributed by atoms with Crippen LogP contribution in [0.25, 0.3) is 5.57 Å². The van der Waals surface area contributed by atoms with Crippen molar-refractivity contribution in [1.82, 2.24) is 0 Å². The van der Waals surface area contributed by atoms with Gasteiger partial charge in [-0.3, -0.25) is 0 Å². The number of rotatable bonds is 4. The zero-order valence-electron chi connectivity index (χ0n) is 14.4. The molecule has 2 rings (SSSR count). The van der Waals surface area contributed by atoms with Gasteiger partial charge in [0.2, 0.25) is 0 Å². The van der Waals surface area contributed by atoms with Crippen LogP contribution < -0.4 is 0 Å². The lowest BCUT2D eigenvalue weighted by Gasteiger charge is -2.26. The molecule has 0 N–H and O–H groups in total. The minimum Gasteiger partial charge on any atom is -0.0870 e. The fourth-order valence-electron chi connectivity index (χ4n) is 2.81. The molecule has 0 atom stereocenters. The number of hydrogen-bond donors (Lipinski definition) is 0. The first-order valence-electron chi connectivity index (χ1n) is 7.93. The molecule has 114 valence electrons. The Morgan fingerprint density at radius 3 is 1.86 bits per heavy atom. The van der Waals surface area contributed by atoms with Gasteiger partial charge in [0.05, 0.1) is 0 Å². The van der Waals surface area contributed by atoms with Crippen LogP contribution in [0.5, 0.6) is 0 Å². The van der Waals surface area contributed by atoms with E-state index in [0.29, 0.717) is 0 Å². The maximum Gasteiger partial charge on any atom is 0.0146 e. The lowest BCUT2D eigenvalue weighted by Crippen LogP contribution is -2.18. The Morgan fingerprint density at radius 1 is 0.818 bits per heavy atom. The van der Waals surface area contributed by atoms with E-state index in [1.165, 1.54) is 27.8 Å². The van der Waals surface area contributed by atoms with Crippen molar-refractivity contribution < 1.29 is 0 Å². The van der Waals surface area contributed by atoms with Crippen LogP contribution >= 0.6 is 0 Å². The Bertz CT molecular complexity index is 664. The van der Waals surface area contributed by atoms with Crippen molar-refractivity contribution in [2.45, 2.75) is 40.0 Å². The molecule has 0 fully saturated rings. The van der Waals surface area contributed by atoms with Gasteiger partial charge in [-0.1, -0.05) is 86.2 Å². The maximum atomic E-state index is 2.28. The summed E-state index contributed by atoms with van der Waals surface area (Å²) in [5, 5.41) is 0. The molecular formula is C22H26. The highest BCUT2D eigenvalue weighted by Crippen LogP contribution is 2.32. The van der Waals surface area contributed by atoms with Gasteiger partial charge in [-0.05, 0) is 43.0 Å². The van der Waals surface area contributed by atoms with E-state index in [4.69, 9.17) is 0 Å². The molecular weight excluding hydrogens is 264 g/mol. The van der Waals surface area contributed by atoms with Crippen molar-refractivity contribution in [1.29, 1.82) is 0 Å². The van der Waals surface area contributed by atoms with Crippen molar-refractivity contribution in [2.24, 2.45) is 0 Å². The summed E-state index contributed by atoms with van der Waals surface area (Å²) < 4.78 is 0. The molecule has 0 aliphatic rings. The highest BCUT2D eigenvalue weighted by Gasteiger charge is 2.22. The summed E-state index contributed by atoms with van der Waals surface area (Å²) in [6.45, 7) is 11.0. The summed E-state index contributed by atoms with van der Waals surface area (Å²) in [7, 11) is 0. The van der Waals surface area contributed by atoms with Crippen LogP contribution in [0.2, 0.25) is 0 Å². The Balaban J connectivity index is 2.39. The van der Waals surface area contributed by atoms with Gasteiger partial charge in [0.15, 0.2) is 0 Å². The second kappa shape index (κ2) is 6.79. The molecule has 2 aromatic carbocycles. The van der Waals surface area contributed by atoms with Crippen LogP contribution in [0, 0.1) is 0 Å². The van der Waals surface area contributed by atoms with E-state index in [1.807, 2.05) is 0 Å². The fraction of sp³-hybridized carbons (Fsp3) is 0.273. The van der Waals surface area contributed by atoms with Crippen molar-refractivity contribution in [3.05, 3.63) is 89.0 Å². The van der Waals surface area contributed by atoms with Crippen LogP contribution in [0.3, 0.4) is 0 Å². The van der Waals surface area contributed by atoms with E-state index in [1.54, 1.807) is 0 Å². The molecule has 2 aromatic rings. The van der Waals surface area contributed by atoms with Crippen LogP contribution in [-0.2, 0) is 5.41 Å². The van der Waals surface area contributed by atoms with Crippen molar-refractivity contribution >= 4 is 5.57 Å². The number of allylic oxidation sites excluding steroid dienone is 4. The van der Waals surface area contributed by atoms with E-state index in [0.717, 1.165) is 0 Å². The van der Waals surface area contributed by atoms with Gasteiger partial charge in [0.25, 0.3) is 0 Å². The standard InChI is InChI=1S/C22H26/c1-6-10-21(17(2)3)18-13-15-20(16-14-18)22(4,5)19-11-8-7-9-12-19/h6-16H,1-5H3/b10-6-. The molecule has 0 unspecified atom stereocenters. The average molecular weight is 290 g/mol. The molecule has 0 aliphatic heterocycles. The summed E-state index contributed by atoms with van der Waals surface area (Å²) in [6.07, 6.45) is 4.29. The first-order chi connectivity index (χ1) is 10.5. The van der Waals surface area contributed by atoms with Gasteiger partial charge in [-0.2, -0.15) is 0 Å². The maximum absolute atomic E-state index is 2.28. The molecule has 0 nitrogen and oxygen atoms in total. The highest BCUT2D eigenvalue weighted by atomic mass is 14.3. The third-order valence-corrected chi connectivity index (χ3v) is 4.29. The van der Waals surface area contributed by atoms with E-state index in [9.17, 15) is 0 Å². The van der Waals surface area contributed by atoms with Crippen molar-refractivity contribution in [3.63, 3.8) is 0 Å². The third-order valence-electron chi connectivity index (χ3n) is 4.29. The summed E-state index contributed by atoms with van der Waals surface area (Å²) in [6, 6.07) is 19.7. The predicted octanol–water partition coefficient (Wildman–Crippen LogP) is 6.38. The zero-order valence-corrected chi connectivity index (χ0v) is 14.4. The van der Waals surface area contributed by atoms with Crippen molar-refractivity contribution in [3.8, 4) is 0 Å². The molecule has 0 amide bonds. The smallest absolute Gasteiger partial charge is 0.0146 e. The Kier molecular flexibility index (Phi) is 5.03. The molecule has 0 aliphatic carbocycles. The first-order valence-corrected chi connectivity index (χ1v) is 7.93. The van der Waals surface area contributed by atoms with E-state index in [-0.39, 0.29) is 5.41 Å². The Hall–Kier alpha value is -2.08. The molecule has 0 spiro atoms. The summed E-state index contributed by atoms with van der Waals surface area (Å²) in [4.78, 5) is 0. The fourth-order valence-corrected chi connectivity index (χ4v) is 2.81. The molecule has 0 aromatic heterocycles. The lowest BCUT2D eigenvalue weighted by molar-refractivity contribution is 0.641. The molecule has 0 heteroatoms. The highest BCUT2D eigenvalue weighted by molar-refractivity contribution is 5.76. The summed E-state index contributed by atoms with van der Waals surface area (Å²) in [5.74, 6) is 0. The average Bonchev–Trinajstić information content (AvgIpc) is 2.53. The largest absolute Gasteiger partial charge is 0.0870 e. The quantitative estimate of drug-likeness (QED) is 0.573. The third kappa shape index (κ3) is 3.39. The van der Waals surface area contributed by atoms with Crippen LogP contribution in [0.1, 0.15) is 51.3 Å². The van der Waals surface area contributed by atoms with Crippen LogP contribution in [-0.4, -0.2) is 0 Å². The molecule has 0 saturated carbocycles. The summed E-state index contributed by atoms with van der Waals surface area (Å²) in [5.41, 5.74) is 6.64. The topological polar surface area (TPSA) is 0 Å². The van der Waals surface area contributed by atoms with Gasteiger partial charge < -0.3 is 0 Å². The second-order valence-corrected chi connectivity index (χ2v) is 6.48. The molecule has 0 bridgehead atoms. The monoisotopic (exact) mass is 290 g/mol. The van der Waals surface area contributed by atoms with Gasteiger partial charge >= 0.3 is 0 Å². The first kappa shape index (κ1) is 16.3. The van der Waals surface area contributed by atoms with Gasteiger partial charge in [-0.25, -0.2) is 0 Å². The minimum absolute atomic E-state index is 0.0194. The molecule has 0 heterocycles. The molecule has 0 radical (unpaired) electrons. The van der Waals surface area contributed by atoms with E-state index < -0.39 is 0 Å². The second-order valence-electron chi connectivity index (χ2n) is 6.48. The normalized spacial score (nSPS) is 11.7. The summed E-state index contributed by atoms with van der Waals surface area (Å²) >= 11 is 0. The van der Waals surface area contributed by atoms with Crippen molar-refractivity contribution in [2.75, 3.05) is 0 Å². The SMILES string of the molecule is C/C=C\C(=C(C)C)c1ccc(C(C)(C)c2ccccc2)cc1. The predicted molar refractivity (Wildman–Crippen MR) is 98.1 cm³/mol. The van der Waals surface area contributed by atoms with Gasteiger partial charge in [0.1, 0.15) is 0 Å². The van der Waals surface area contributed by atoms with Gasteiger partial charge in [-0.15, -0.1) is 0 Å². The Labute approximate surface area is 135 Å². The Morgan fingerprint density at radius 2 is 1.36 bits per heavy atom. The van der Waals surface area contributed by atoms with E-state index in [2.05, 4.69) is 101 Å². The molecule has 0 saturated heterocycles. The lowest BCUT2D eigenvalue weighted by atomic mass is 9.78. The number of benzene rings is 2. The van der Waals surface area contributed by atoms with Crippen LogP contribution in [0.4, 0.5) is 0 Å². The van der Waals surface area contributed by atoms with E-state index >= 15 is 0 Å². The zero-order chi connectivity index (χ0) is 16.2.